The first-order valence-corrected chi connectivity index (χ1v) is 8.84. The summed E-state index contributed by atoms with van der Waals surface area (Å²) in [4.78, 5) is 18.1. The molecule has 2 aliphatic rings. The fourth-order valence-electron chi connectivity index (χ4n) is 3.85. The molecule has 2 aliphatic heterocycles. The van der Waals surface area contributed by atoms with Crippen molar-refractivity contribution >= 4 is 11.9 Å². The Morgan fingerprint density at radius 2 is 1.81 bits per heavy atom. The summed E-state index contributed by atoms with van der Waals surface area (Å²) < 4.78 is 43.4. The zero-order valence-electron chi connectivity index (χ0n) is 15.1. The van der Waals surface area contributed by atoms with E-state index in [1.165, 1.54) is 6.07 Å². The Kier molecular flexibility index (Phi) is 4.79. The highest BCUT2D eigenvalue weighted by molar-refractivity contribution is 5.68. The molecule has 1 aromatic rings. The van der Waals surface area contributed by atoms with Gasteiger partial charge in [0.25, 0.3) is 0 Å². The van der Waals surface area contributed by atoms with Crippen molar-refractivity contribution in [3.8, 4) is 0 Å². The predicted octanol–water partition coefficient (Wildman–Crippen LogP) is 4.12. The van der Waals surface area contributed by atoms with Gasteiger partial charge in [0.15, 0.2) is 0 Å². The summed E-state index contributed by atoms with van der Waals surface area (Å²) in [6.07, 6.45) is -0.561. The van der Waals surface area contributed by atoms with Crippen molar-refractivity contribution in [3.63, 3.8) is 0 Å². The van der Waals surface area contributed by atoms with E-state index in [0.29, 0.717) is 5.82 Å². The van der Waals surface area contributed by atoms with Crippen LogP contribution in [0.4, 0.5) is 23.8 Å². The molecule has 5 nitrogen and oxygen atoms in total. The average molecular weight is 371 g/mol. The lowest BCUT2D eigenvalue weighted by Crippen LogP contribution is -2.51. The van der Waals surface area contributed by atoms with Crippen LogP contribution in [0.2, 0.25) is 0 Å². The maximum Gasteiger partial charge on any atom is 0.417 e. The summed E-state index contributed by atoms with van der Waals surface area (Å²) in [5, 5.41) is 2.92. The number of nitrogens with one attached hydrogen (secondary N) is 1. The van der Waals surface area contributed by atoms with Gasteiger partial charge in [0.05, 0.1) is 5.56 Å². The van der Waals surface area contributed by atoms with Crippen LogP contribution in [0, 0.1) is 0 Å². The lowest BCUT2D eigenvalue weighted by molar-refractivity contribution is -0.137. The Hall–Kier alpha value is -1.99. The third-order valence-corrected chi connectivity index (χ3v) is 4.79. The number of alkyl carbamates (subject to hydrolysis) is 1. The molecule has 1 amide bonds. The second kappa shape index (κ2) is 6.63. The predicted molar refractivity (Wildman–Crippen MR) is 90.9 cm³/mol. The zero-order chi connectivity index (χ0) is 19.1. The van der Waals surface area contributed by atoms with Gasteiger partial charge >= 0.3 is 12.3 Å². The highest BCUT2D eigenvalue weighted by Crippen LogP contribution is 2.39. The van der Waals surface area contributed by atoms with Crippen LogP contribution < -0.4 is 10.2 Å². The number of carbonyl (C=O) groups excluding carboxylic acids is 1. The van der Waals surface area contributed by atoms with E-state index < -0.39 is 23.4 Å². The number of carbonyl (C=O) groups is 1. The van der Waals surface area contributed by atoms with Crippen molar-refractivity contribution in [3.05, 3.63) is 23.9 Å². The number of ether oxygens (including phenoxy) is 1. The smallest absolute Gasteiger partial charge is 0.417 e. The first-order chi connectivity index (χ1) is 12.0. The van der Waals surface area contributed by atoms with E-state index in [4.69, 9.17) is 4.74 Å². The molecule has 0 radical (unpaired) electrons. The molecule has 2 saturated heterocycles. The van der Waals surface area contributed by atoms with E-state index in [0.717, 1.165) is 37.9 Å². The van der Waals surface area contributed by atoms with Crippen molar-refractivity contribution in [1.82, 2.24) is 10.3 Å². The van der Waals surface area contributed by atoms with Gasteiger partial charge in [0.2, 0.25) is 0 Å². The van der Waals surface area contributed by atoms with Crippen molar-refractivity contribution in [2.24, 2.45) is 0 Å². The number of hydrogen-bond acceptors (Lipinski definition) is 4. The molecule has 144 valence electrons. The number of piperidine rings is 1. The molecule has 0 spiro atoms. The normalized spacial score (nSPS) is 25.9. The topological polar surface area (TPSA) is 54.5 Å². The lowest BCUT2D eigenvalue weighted by Gasteiger charge is -2.40. The van der Waals surface area contributed by atoms with Gasteiger partial charge in [-0.25, -0.2) is 9.78 Å². The van der Waals surface area contributed by atoms with Crippen LogP contribution >= 0.6 is 0 Å². The van der Waals surface area contributed by atoms with Crippen LogP contribution in [0.3, 0.4) is 0 Å². The molecular weight excluding hydrogens is 347 g/mol. The third kappa shape index (κ3) is 4.22. The Bertz CT molecular complexity index is 641. The number of pyridine rings is 1. The molecule has 26 heavy (non-hydrogen) atoms. The molecule has 0 aliphatic carbocycles. The molecule has 0 unspecified atom stereocenters. The first kappa shape index (κ1) is 18.8. The van der Waals surface area contributed by atoms with E-state index in [2.05, 4.69) is 15.2 Å². The highest BCUT2D eigenvalue weighted by Gasteiger charge is 2.42. The summed E-state index contributed by atoms with van der Waals surface area (Å²) >= 11 is 0. The van der Waals surface area contributed by atoms with Gasteiger partial charge in [0.1, 0.15) is 11.4 Å². The quantitative estimate of drug-likeness (QED) is 0.850. The van der Waals surface area contributed by atoms with Gasteiger partial charge in [0, 0.05) is 24.3 Å². The number of nitrogens with zero attached hydrogens (tertiary/aromatic N) is 2. The molecule has 8 heteroatoms. The van der Waals surface area contributed by atoms with Crippen LogP contribution in [0.25, 0.3) is 0 Å². The summed E-state index contributed by atoms with van der Waals surface area (Å²) in [5.41, 5.74) is -1.29. The van der Waals surface area contributed by atoms with Gasteiger partial charge in [-0.1, -0.05) is 0 Å². The Labute approximate surface area is 150 Å². The van der Waals surface area contributed by atoms with E-state index >= 15 is 0 Å². The van der Waals surface area contributed by atoms with E-state index in [1.54, 1.807) is 0 Å². The average Bonchev–Trinajstić information content (AvgIpc) is 2.76. The van der Waals surface area contributed by atoms with Gasteiger partial charge in [-0.15, -0.1) is 0 Å². The van der Waals surface area contributed by atoms with Gasteiger partial charge in [-0.3, -0.25) is 0 Å². The molecule has 0 aromatic carbocycles. The number of alkyl halides is 3. The maximum atomic E-state index is 12.7. The minimum Gasteiger partial charge on any atom is -0.444 e. The van der Waals surface area contributed by atoms with E-state index in [-0.39, 0.29) is 18.1 Å². The Morgan fingerprint density at radius 1 is 1.19 bits per heavy atom. The Balaban J connectivity index is 1.65. The van der Waals surface area contributed by atoms with Crippen molar-refractivity contribution in [1.29, 1.82) is 0 Å². The van der Waals surface area contributed by atoms with Crippen LogP contribution in [0.15, 0.2) is 18.3 Å². The van der Waals surface area contributed by atoms with Crippen LogP contribution in [0.1, 0.15) is 52.0 Å². The number of halogens is 3. The summed E-state index contributed by atoms with van der Waals surface area (Å²) in [6.45, 7) is 5.44. The Morgan fingerprint density at radius 3 is 2.27 bits per heavy atom. The number of fused-ring (bicyclic) bond motifs is 2. The number of rotatable bonds is 2. The van der Waals surface area contributed by atoms with Crippen LogP contribution in [0.5, 0.6) is 0 Å². The van der Waals surface area contributed by atoms with Gasteiger partial charge in [-0.2, -0.15) is 13.2 Å². The minimum atomic E-state index is -4.38. The second-order valence-electron chi connectivity index (χ2n) is 8.01. The summed E-state index contributed by atoms with van der Waals surface area (Å²) in [6, 6.07) is 2.85. The molecule has 1 N–H and O–H groups in total. The lowest BCUT2D eigenvalue weighted by atomic mass is 9.97. The summed E-state index contributed by atoms with van der Waals surface area (Å²) in [7, 11) is 0. The third-order valence-electron chi connectivity index (χ3n) is 4.79. The molecule has 3 rings (SSSR count). The molecule has 1 aromatic heterocycles. The standard InChI is InChI=1S/C18H24F3N3O2/c1-17(2,3)26-16(25)23-12-8-13-5-6-14(9-12)24(13)15-7-4-11(10-22-15)18(19,20)21/h4,7,10,12-14H,5-6,8-9H2,1-3H3,(H,23,25)/t12-,13-,14+. The minimum absolute atomic E-state index is 0.00745. The molecule has 2 bridgehead atoms. The number of hydrogen-bond donors (Lipinski definition) is 1. The number of amides is 1. The van der Waals surface area contributed by atoms with Gasteiger partial charge < -0.3 is 15.0 Å². The second-order valence-corrected chi connectivity index (χ2v) is 8.01. The SMILES string of the molecule is CC(C)(C)OC(=O)N[C@@H]1C[C@H]2CC[C@@H](C1)N2c1ccc(C(F)(F)F)cn1. The fraction of sp³-hybridized carbons (Fsp3) is 0.667. The first-order valence-electron chi connectivity index (χ1n) is 8.84. The van der Waals surface area contributed by atoms with Crippen molar-refractivity contribution in [2.75, 3.05) is 4.90 Å². The van der Waals surface area contributed by atoms with E-state index in [1.807, 2.05) is 20.8 Å². The van der Waals surface area contributed by atoms with Crippen LogP contribution in [-0.4, -0.2) is 34.8 Å². The maximum absolute atomic E-state index is 12.7. The monoisotopic (exact) mass is 371 g/mol. The molecule has 3 heterocycles. The van der Waals surface area contributed by atoms with Crippen LogP contribution in [-0.2, 0) is 10.9 Å². The molecule has 2 fully saturated rings. The largest absolute Gasteiger partial charge is 0.444 e. The van der Waals surface area contributed by atoms with E-state index in [9.17, 15) is 18.0 Å². The summed E-state index contributed by atoms with van der Waals surface area (Å²) in [5.74, 6) is 0.571. The highest BCUT2D eigenvalue weighted by atomic mass is 19.4. The van der Waals surface area contributed by atoms with Crippen molar-refractivity contribution in [2.45, 2.75) is 76.4 Å². The number of anilines is 1. The zero-order valence-corrected chi connectivity index (χ0v) is 15.1. The fourth-order valence-corrected chi connectivity index (χ4v) is 3.85. The molecule has 0 saturated carbocycles. The van der Waals surface area contributed by atoms with Gasteiger partial charge in [-0.05, 0) is 58.6 Å². The molecular formula is C18H24F3N3O2. The van der Waals surface area contributed by atoms with Crippen molar-refractivity contribution < 1.29 is 22.7 Å². The number of aromatic nitrogens is 1. The molecule has 3 atom stereocenters.